The van der Waals surface area contributed by atoms with Gasteiger partial charge in [0.2, 0.25) is 15.7 Å². The van der Waals surface area contributed by atoms with Crippen LogP contribution in [-0.4, -0.2) is 44.0 Å². The van der Waals surface area contributed by atoms with E-state index in [1.165, 1.54) is 17.0 Å². The molecule has 0 saturated heterocycles. The van der Waals surface area contributed by atoms with Crippen LogP contribution in [0.2, 0.25) is 10.0 Å². The largest absolute Gasteiger partial charge is 0.341 e. The van der Waals surface area contributed by atoms with E-state index in [0.29, 0.717) is 17.1 Å². The maximum Gasteiger partial charge on any atom is 0.341 e. The van der Waals surface area contributed by atoms with Crippen molar-refractivity contribution in [2.24, 2.45) is 0 Å². The Hall–Kier alpha value is -2.23. The molecule has 0 bridgehead atoms. The predicted molar refractivity (Wildman–Crippen MR) is 111 cm³/mol. The van der Waals surface area contributed by atoms with Gasteiger partial charge in [-0.25, -0.2) is 8.42 Å². The molecule has 2 rings (SSSR count). The van der Waals surface area contributed by atoms with Crippen LogP contribution in [0.1, 0.15) is 23.7 Å². The van der Waals surface area contributed by atoms with Gasteiger partial charge >= 0.3 is 5.76 Å². The Bertz CT molecular complexity index is 1030. The second-order valence-corrected chi connectivity index (χ2v) is 8.99. The summed E-state index contributed by atoms with van der Waals surface area (Å²) in [5.41, 5.74) is 0.352. The number of sulfone groups is 1. The molecule has 0 radical (unpaired) electrons. The van der Waals surface area contributed by atoms with Crippen molar-refractivity contribution >= 4 is 50.5 Å². The highest BCUT2D eigenvalue weighted by molar-refractivity contribution is 7.91. The number of anilines is 1. The van der Waals surface area contributed by atoms with E-state index in [1.54, 1.807) is 6.07 Å². The summed E-state index contributed by atoms with van der Waals surface area (Å²) in [5.74, 6) is -4.62. The average Bonchev–Trinajstić information content (AvgIpc) is 2.70. The summed E-state index contributed by atoms with van der Waals surface area (Å²) in [7, 11) is -4.76. The summed E-state index contributed by atoms with van der Waals surface area (Å²) in [6.07, 6.45) is 0.550. The number of hydrogen-bond donors (Lipinski definition) is 1. The van der Waals surface area contributed by atoms with Crippen molar-refractivity contribution in [2.45, 2.75) is 24.0 Å². The van der Waals surface area contributed by atoms with Crippen LogP contribution in [-0.2, 0) is 14.6 Å². The Balaban J connectivity index is 2.16. The van der Waals surface area contributed by atoms with Crippen molar-refractivity contribution in [3.05, 3.63) is 58.1 Å². The molecule has 11 heteroatoms. The number of nitrogens with one attached hydrogen (secondary N) is 1. The van der Waals surface area contributed by atoms with Gasteiger partial charge < -0.3 is 10.2 Å². The van der Waals surface area contributed by atoms with Gasteiger partial charge in [-0.1, -0.05) is 30.1 Å². The van der Waals surface area contributed by atoms with Crippen LogP contribution in [0.3, 0.4) is 0 Å². The first-order valence-electron chi connectivity index (χ1n) is 8.72. The van der Waals surface area contributed by atoms with Crippen LogP contribution in [0.15, 0.2) is 47.4 Å². The third-order valence-electron chi connectivity index (χ3n) is 3.98. The second kappa shape index (κ2) is 10.2. The van der Waals surface area contributed by atoms with Crippen LogP contribution in [0.4, 0.5) is 14.5 Å². The summed E-state index contributed by atoms with van der Waals surface area (Å²) >= 11 is 11.9. The fourth-order valence-electron chi connectivity index (χ4n) is 2.55. The lowest BCUT2D eigenvalue weighted by Gasteiger charge is -2.22. The van der Waals surface area contributed by atoms with Crippen molar-refractivity contribution in [1.29, 1.82) is 0 Å². The number of carbonyl (C=O) groups is 2. The Morgan fingerprint density at radius 1 is 1.10 bits per heavy atom. The third kappa shape index (κ3) is 5.90. The molecule has 162 valence electrons. The Morgan fingerprint density at radius 2 is 1.73 bits per heavy atom. The quantitative estimate of drug-likeness (QED) is 0.605. The van der Waals surface area contributed by atoms with E-state index in [9.17, 15) is 26.8 Å². The lowest BCUT2D eigenvalue weighted by molar-refractivity contribution is -0.116. The molecule has 0 aromatic heterocycles. The highest BCUT2D eigenvalue weighted by Crippen LogP contribution is 2.25. The van der Waals surface area contributed by atoms with Crippen molar-refractivity contribution < 1.29 is 26.8 Å². The summed E-state index contributed by atoms with van der Waals surface area (Å²) in [5, 5.41) is 3.22. The van der Waals surface area contributed by atoms with Gasteiger partial charge in [0.05, 0.1) is 15.6 Å². The molecule has 0 aliphatic heterocycles. The van der Waals surface area contributed by atoms with Crippen LogP contribution in [0, 0.1) is 0 Å². The SMILES string of the molecule is CCCN(CC(=O)Nc1cc(Cl)ccc1Cl)C(=O)c1ccc(S(=O)(=O)C(F)F)cc1. The van der Waals surface area contributed by atoms with E-state index in [0.717, 1.165) is 24.3 Å². The number of hydrogen-bond acceptors (Lipinski definition) is 4. The molecule has 0 unspecified atom stereocenters. The maximum atomic E-state index is 12.7. The van der Waals surface area contributed by atoms with E-state index in [2.05, 4.69) is 5.32 Å². The molecule has 0 heterocycles. The first-order valence-corrected chi connectivity index (χ1v) is 11.0. The number of carbonyl (C=O) groups excluding carboxylic acids is 2. The number of rotatable bonds is 8. The topological polar surface area (TPSA) is 83.6 Å². The van der Waals surface area contributed by atoms with Crippen molar-refractivity contribution in [2.75, 3.05) is 18.4 Å². The van der Waals surface area contributed by atoms with Gasteiger partial charge in [0.25, 0.3) is 5.91 Å². The van der Waals surface area contributed by atoms with Gasteiger partial charge in [0.1, 0.15) is 6.54 Å². The molecule has 6 nitrogen and oxygen atoms in total. The first kappa shape index (κ1) is 24.0. The normalized spacial score (nSPS) is 11.4. The number of halogens is 4. The monoisotopic (exact) mass is 478 g/mol. The van der Waals surface area contributed by atoms with Crippen molar-refractivity contribution in [1.82, 2.24) is 4.90 Å². The molecule has 2 aromatic rings. The minimum absolute atomic E-state index is 0.0604. The average molecular weight is 479 g/mol. The zero-order valence-corrected chi connectivity index (χ0v) is 18.1. The van der Waals surface area contributed by atoms with Crippen molar-refractivity contribution in [3.63, 3.8) is 0 Å². The molecule has 1 N–H and O–H groups in total. The van der Waals surface area contributed by atoms with E-state index in [-0.39, 0.29) is 23.7 Å². The molecule has 0 atom stereocenters. The second-order valence-electron chi connectivity index (χ2n) is 6.23. The standard InChI is InChI=1S/C19H18Cl2F2N2O4S/c1-2-9-25(11-17(26)24-16-10-13(20)5-8-15(16)21)18(27)12-3-6-14(7-4-12)30(28,29)19(22)23/h3-8,10,19H,2,9,11H2,1H3,(H,24,26). The molecular formula is C19H18Cl2F2N2O4S. The van der Waals surface area contributed by atoms with E-state index < -0.39 is 32.3 Å². The maximum absolute atomic E-state index is 12.7. The fourth-order valence-corrected chi connectivity index (χ4v) is 3.61. The lowest BCUT2D eigenvalue weighted by Crippen LogP contribution is -2.38. The van der Waals surface area contributed by atoms with Gasteiger partial charge in [-0.05, 0) is 48.9 Å². The van der Waals surface area contributed by atoms with E-state index in [1.807, 2.05) is 6.92 Å². The van der Waals surface area contributed by atoms with Gasteiger partial charge in [-0.15, -0.1) is 0 Å². The zero-order chi connectivity index (χ0) is 22.5. The van der Waals surface area contributed by atoms with Crippen molar-refractivity contribution in [3.8, 4) is 0 Å². The molecular weight excluding hydrogens is 461 g/mol. The highest BCUT2D eigenvalue weighted by Gasteiger charge is 2.27. The van der Waals surface area contributed by atoms with Crippen LogP contribution < -0.4 is 5.32 Å². The number of benzene rings is 2. The molecule has 0 aliphatic carbocycles. The highest BCUT2D eigenvalue weighted by atomic mass is 35.5. The van der Waals surface area contributed by atoms with Gasteiger partial charge in [-0.3, -0.25) is 9.59 Å². The zero-order valence-electron chi connectivity index (χ0n) is 15.7. The number of alkyl halides is 2. The minimum Gasteiger partial charge on any atom is -0.329 e. The van der Waals surface area contributed by atoms with Crippen LogP contribution >= 0.6 is 23.2 Å². The minimum atomic E-state index is -4.76. The summed E-state index contributed by atoms with van der Waals surface area (Å²) in [6, 6.07) is 8.68. The molecule has 0 fully saturated rings. The van der Waals surface area contributed by atoms with Crippen LogP contribution in [0.5, 0.6) is 0 Å². The molecule has 0 saturated carbocycles. The smallest absolute Gasteiger partial charge is 0.329 e. The molecule has 0 aliphatic rings. The lowest BCUT2D eigenvalue weighted by atomic mass is 10.2. The van der Waals surface area contributed by atoms with Gasteiger partial charge in [0.15, 0.2) is 0 Å². The third-order valence-corrected chi connectivity index (χ3v) is 5.95. The van der Waals surface area contributed by atoms with Gasteiger partial charge in [-0.2, -0.15) is 8.78 Å². The molecule has 2 aromatic carbocycles. The van der Waals surface area contributed by atoms with E-state index in [4.69, 9.17) is 23.2 Å². The Labute approximate surface area is 182 Å². The first-order chi connectivity index (χ1) is 14.1. The molecule has 0 spiro atoms. The molecule has 2 amide bonds. The summed E-state index contributed by atoms with van der Waals surface area (Å²) in [4.78, 5) is 25.8. The fraction of sp³-hybridized carbons (Fsp3) is 0.263. The number of amides is 2. The predicted octanol–water partition coefficient (Wildman–Crippen LogP) is 4.48. The Kier molecular flexibility index (Phi) is 8.17. The molecule has 30 heavy (non-hydrogen) atoms. The van der Waals surface area contributed by atoms with Gasteiger partial charge in [0, 0.05) is 17.1 Å². The van der Waals surface area contributed by atoms with E-state index >= 15 is 0 Å². The Morgan fingerprint density at radius 3 is 2.30 bits per heavy atom. The number of nitrogens with zero attached hydrogens (tertiary/aromatic N) is 1. The van der Waals surface area contributed by atoms with Crippen LogP contribution in [0.25, 0.3) is 0 Å². The summed E-state index contributed by atoms with van der Waals surface area (Å²) < 4.78 is 48.3. The summed E-state index contributed by atoms with van der Waals surface area (Å²) in [6.45, 7) is 1.75.